The van der Waals surface area contributed by atoms with Gasteiger partial charge in [0, 0.05) is 43.9 Å². The van der Waals surface area contributed by atoms with Gasteiger partial charge in [-0.3, -0.25) is 66.8 Å². The SMILES string of the molecule is NC(=O)CC[C@H](NC(=O)[C@H](Cc1ccccc1)NC(=O)[C@H](Cc1ccc(O)cc1)NC(=O)[C@@H](N)CSS(=O)(=O)O)C(=O)N[C@@H](CC(N)=O)C(=O)N[C@@H](CSS(=O)(=O)O)C(=O)N1CCC[C@H]1C(=O)N[C@@H](CCCN=C(N)N)C(=O)NCC(N)=O. The monoisotopic (exact) mass is 1250 g/mol. The molecule has 2 aromatic rings. The summed E-state index contributed by atoms with van der Waals surface area (Å²) in [7, 11) is -9.88. The Morgan fingerprint density at radius 1 is 0.602 bits per heavy atom. The molecule has 0 saturated carbocycles. The fraction of sp³-hybridized carbons (Fsp3) is 0.478. The van der Waals surface area contributed by atoms with Gasteiger partial charge in [-0.05, 0) is 77.0 Å². The molecular formula is C46H67N15O18S4. The summed E-state index contributed by atoms with van der Waals surface area (Å²) in [6.45, 7) is -0.764. The number of likely N-dealkylation sites (tertiary alicyclic amines) is 1. The summed E-state index contributed by atoms with van der Waals surface area (Å²) in [5.74, 6) is -13.9. The number of phenolic OH excluding ortho intramolecular Hbond substituents is 1. The lowest BCUT2D eigenvalue weighted by molar-refractivity contribution is -0.142. The van der Waals surface area contributed by atoms with Crippen molar-refractivity contribution in [2.24, 2.45) is 39.4 Å². The van der Waals surface area contributed by atoms with Crippen molar-refractivity contribution in [3.05, 3.63) is 65.7 Å². The van der Waals surface area contributed by atoms with E-state index in [2.05, 4.69) is 42.2 Å². The zero-order valence-corrected chi connectivity index (χ0v) is 47.4. The van der Waals surface area contributed by atoms with E-state index in [9.17, 15) is 79.2 Å². The lowest BCUT2D eigenvalue weighted by atomic mass is 10.0. The Balaban J connectivity index is 1.96. The number of nitrogens with one attached hydrogen (secondary N) is 7. The summed E-state index contributed by atoms with van der Waals surface area (Å²) < 4.78 is 65.4. The van der Waals surface area contributed by atoms with Gasteiger partial charge in [0.25, 0.3) is 0 Å². The van der Waals surface area contributed by atoms with Crippen molar-refractivity contribution in [1.82, 2.24) is 42.1 Å². The molecule has 37 heteroatoms. The van der Waals surface area contributed by atoms with Crippen LogP contribution in [0.15, 0.2) is 59.6 Å². The second-order valence-electron chi connectivity index (χ2n) is 18.5. The first kappa shape index (κ1) is 69.4. The van der Waals surface area contributed by atoms with Gasteiger partial charge in [0.1, 0.15) is 48.0 Å². The van der Waals surface area contributed by atoms with E-state index in [4.69, 9.17) is 39.0 Å². The predicted octanol–water partition coefficient (Wildman–Crippen LogP) is -6.73. The van der Waals surface area contributed by atoms with Crippen LogP contribution in [0.1, 0.15) is 56.1 Å². The highest BCUT2D eigenvalue weighted by molar-refractivity contribution is 8.70. The lowest BCUT2D eigenvalue weighted by Crippen LogP contribution is -2.61. The van der Waals surface area contributed by atoms with Crippen molar-refractivity contribution in [3.63, 3.8) is 0 Å². The first-order chi connectivity index (χ1) is 38.8. The number of benzene rings is 2. The average molecular weight is 1250 g/mol. The molecule has 83 heavy (non-hydrogen) atoms. The van der Waals surface area contributed by atoms with Crippen LogP contribution in [0.25, 0.3) is 0 Å². The number of guanidine groups is 1. The van der Waals surface area contributed by atoms with Crippen LogP contribution in [0.5, 0.6) is 5.75 Å². The third-order valence-electron chi connectivity index (χ3n) is 11.9. The van der Waals surface area contributed by atoms with Crippen LogP contribution < -0.4 is 71.6 Å². The molecule has 0 radical (unpaired) electrons. The average Bonchev–Trinajstić information content (AvgIpc) is 4.10. The van der Waals surface area contributed by atoms with Crippen LogP contribution >= 0.6 is 21.6 Å². The molecule has 0 aromatic heterocycles. The number of hydrogen-bond donors (Lipinski definition) is 16. The normalized spacial score (nSPS) is 15.7. The topological polar surface area (TPSA) is 573 Å². The van der Waals surface area contributed by atoms with Gasteiger partial charge in [-0.2, -0.15) is 16.8 Å². The number of nitrogens with two attached hydrogens (primary N) is 6. The maximum absolute atomic E-state index is 14.4. The van der Waals surface area contributed by atoms with E-state index in [1.54, 1.807) is 30.3 Å². The molecule has 1 saturated heterocycles. The maximum Gasteiger partial charge on any atom is 0.319 e. The van der Waals surface area contributed by atoms with Gasteiger partial charge in [-0.25, -0.2) is 0 Å². The molecule has 0 bridgehead atoms. The maximum atomic E-state index is 14.4. The number of phenols is 1. The van der Waals surface area contributed by atoms with Gasteiger partial charge < -0.3 is 81.6 Å². The first-order valence-electron chi connectivity index (χ1n) is 24.9. The van der Waals surface area contributed by atoms with E-state index in [1.165, 1.54) is 24.3 Å². The van der Waals surface area contributed by atoms with Crippen molar-refractivity contribution >= 4 is 111 Å². The zero-order chi connectivity index (χ0) is 62.2. The second-order valence-corrected chi connectivity index (χ2v) is 25.2. The highest BCUT2D eigenvalue weighted by Gasteiger charge is 2.41. The summed E-state index contributed by atoms with van der Waals surface area (Å²) >= 11 is 0. The van der Waals surface area contributed by atoms with Crippen LogP contribution in [-0.4, -0.2) is 186 Å². The van der Waals surface area contributed by atoms with Crippen LogP contribution in [0.3, 0.4) is 0 Å². The number of aromatic hydroxyl groups is 1. The van der Waals surface area contributed by atoms with E-state index in [-0.39, 0.29) is 84.9 Å². The Kier molecular flexibility index (Phi) is 27.9. The van der Waals surface area contributed by atoms with Crippen molar-refractivity contribution in [1.29, 1.82) is 0 Å². The number of carbonyl (C=O) groups is 11. The minimum atomic E-state index is -4.95. The standard InChI is InChI=1S/C46H67N15O18S4/c47-27(22-80-82(74,75)76)38(66)57-30(19-25-10-12-26(62)13-11-25)42(70)58-31(18-24-6-2-1-3-7-24)41(69)55-29(14-15-35(48)63)40(68)59-32(20-36(49)64)43(71)60-33(23-81-83(77,78)79)45(73)61-17-5-9-34(61)44(72)56-28(8-4-16-53-46(51)52)39(67)54-21-37(50)65/h1-3,6-7,10-13,27-34,62H,4-5,8-9,14-23,47H2,(H2,48,63)(H2,49,64)(H2,50,65)(H,54,67)(H,55,69)(H,56,72)(H,57,66)(H,58,70)(H,59,68)(H,60,71)(H4,51,52,53)(H,74,75,76)(H,77,78,79)/t27-,28-,29-,30-,31-,32-,33-,34-/m0/s1. The van der Waals surface area contributed by atoms with Gasteiger partial charge in [0.05, 0.1) is 19.0 Å². The van der Waals surface area contributed by atoms with E-state index >= 15 is 0 Å². The van der Waals surface area contributed by atoms with Crippen LogP contribution in [-0.2, 0) is 83.9 Å². The van der Waals surface area contributed by atoms with E-state index in [0.717, 1.165) is 4.90 Å². The molecule has 2 aromatic carbocycles. The quantitative estimate of drug-likeness (QED) is 0.0100. The Morgan fingerprint density at radius 2 is 1.11 bits per heavy atom. The summed E-state index contributed by atoms with van der Waals surface area (Å²) in [5, 5.41) is 26.3. The Morgan fingerprint density at radius 3 is 1.66 bits per heavy atom. The van der Waals surface area contributed by atoms with Gasteiger partial charge in [-0.15, -0.1) is 0 Å². The third-order valence-corrected chi connectivity index (χ3v) is 16.0. The molecular weight excluding hydrogens is 1180 g/mol. The Hall–Kier alpha value is -7.84. The molecule has 1 fully saturated rings. The second kappa shape index (κ2) is 33.3. The molecule has 0 spiro atoms. The summed E-state index contributed by atoms with van der Waals surface area (Å²) in [5.41, 5.74) is 33.4. The zero-order valence-electron chi connectivity index (χ0n) is 44.2. The molecule has 0 aliphatic carbocycles. The number of amides is 11. The number of hydrogen-bond acceptors (Lipinski definition) is 20. The number of rotatable bonds is 35. The summed E-state index contributed by atoms with van der Waals surface area (Å²) in [6, 6.07) is -0.107. The predicted molar refractivity (Wildman–Crippen MR) is 299 cm³/mol. The highest BCUT2D eigenvalue weighted by atomic mass is 33.2. The first-order valence-corrected chi connectivity index (χ1v) is 30.8. The molecule has 11 amide bonds. The van der Waals surface area contributed by atoms with Crippen molar-refractivity contribution in [2.45, 2.75) is 106 Å². The van der Waals surface area contributed by atoms with Crippen molar-refractivity contribution < 1.29 is 83.8 Å². The summed E-state index contributed by atoms with van der Waals surface area (Å²) in [6.07, 6.45) is -2.71. The van der Waals surface area contributed by atoms with Crippen LogP contribution in [0.4, 0.5) is 0 Å². The number of aliphatic imine (C=N–C) groups is 1. The number of primary amides is 3. The van der Waals surface area contributed by atoms with Gasteiger partial charge in [0.15, 0.2) is 5.96 Å². The van der Waals surface area contributed by atoms with Gasteiger partial charge in [-0.1, -0.05) is 42.5 Å². The van der Waals surface area contributed by atoms with Crippen LogP contribution in [0, 0.1) is 0 Å². The molecule has 3 rings (SSSR count). The van der Waals surface area contributed by atoms with Gasteiger partial charge in [0.2, 0.25) is 65.0 Å². The number of nitrogens with zero attached hydrogens (tertiary/aromatic N) is 2. The minimum Gasteiger partial charge on any atom is -0.508 e. The summed E-state index contributed by atoms with van der Waals surface area (Å²) in [4.78, 5) is 152. The van der Waals surface area contributed by atoms with Gasteiger partial charge >= 0.3 is 18.3 Å². The highest BCUT2D eigenvalue weighted by Crippen LogP contribution is 2.22. The molecule has 1 aliphatic rings. The van der Waals surface area contributed by atoms with E-state index in [0.29, 0.717) is 11.1 Å². The van der Waals surface area contributed by atoms with Crippen molar-refractivity contribution in [3.8, 4) is 5.75 Å². The van der Waals surface area contributed by atoms with E-state index < -0.39 is 169 Å². The molecule has 0 unspecified atom stereocenters. The van der Waals surface area contributed by atoms with Crippen molar-refractivity contribution in [2.75, 3.05) is 31.1 Å². The number of carbonyl (C=O) groups excluding carboxylic acids is 11. The Labute approximate surface area is 482 Å². The third kappa shape index (κ3) is 26.3. The molecule has 8 atom stereocenters. The fourth-order valence-electron chi connectivity index (χ4n) is 7.87. The fourth-order valence-corrected chi connectivity index (χ4v) is 10.8. The largest absolute Gasteiger partial charge is 0.508 e. The molecule has 458 valence electrons. The molecule has 33 nitrogen and oxygen atoms in total. The lowest BCUT2D eigenvalue weighted by Gasteiger charge is -2.30. The van der Waals surface area contributed by atoms with Crippen LogP contribution in [0.2, 0.25) is 0 Å². The molecule has 22 N–H and O–H groups in total. The Bertz CT molecular complexity index is 2920. The minimum absolute atomic E-state index is 0.0213. The van der Waals surface area contributed by atoms with E-state index in [1.807, 2.05) is 0 Å². The molecule has 1 aliphatic heterocycles. The smallest absolute Gasteiger partial charge is 0.319 e. The molecule has 1 heterocycles.